The van der Waals surface area contributed by atoms with Crippen molar-refractivity contribution in [3.05, 3.63) is 43.0 Å². The Morgan fingerprint density at radius 2 is 2.00 bits per heavy atom. The van der Waals surface area contributed by atoms with Gasteiger partial charge in [0, 0.05) is 31.3 Å². The summed E-state index contributed by atoms with van der Waals surface area (Å²) in [7, 11) is 0. The Bertz CT molecular complexity index is 689. The van der Waals surface area contributed by atoms with E-state index in [2.05, 4.69) is 27.2 Å². The van der Waals surface area contributed by atoms with Crippen molar-refractivity contribution in [2.45, 2.75) is 13.3 Å². The molecule has 0 saturated heterocycles. The van der Waals surface area contributed by atoms with Crippen LogP contribution in [0.25, 0.3) is 17.0 Å². The van der Waals surface area contributed by atoms with E-state index in [-0.39, 0.29) is 0 Å². The van der Waals surface area contributed by atoms with Crippen molar-refractivity contribution in [1.82, 2.24) is 19.4 Å². The molecule has 0 bridgehead atoms. The lowest BCUT2D eigenvalue weighted by atomic mass is 10.2. The minimum atomic E-state index is 0.811. The lowest BCUT2D eigenvalue weighted by molar-refractivity contribution is 0.964. The monoisotopic (exact) mass is 253 g/mol. The maximum absolute atomic E-state index is 4.46. The van der Waals surface area contributed by atoms with Crippen LogP contribution in [0.4, 0.5) is 5.82 Å². The van der Waals surface area contributed by atoms with Gasteiger partial charge in [-0.15, -0.1) is 0 Å². The van der Waals surface area contributed by atoms with Gasteiger partial charge in [-0.1, -0.05) is 13.0 Å². The number of anilines is 1. The molecule has 96 valence electrons. The zero-order valence-corrected chi connectivity index (χ0v) is 10.7. The van der Waals surface area contributed by atoms with Gasteiger partial charge in [-0.3, -0.25) is 4.40 Å². The first-order chi connectivity index (χ1) is 9.40. The Balaban J connectivity index is 2.13. The molecule has 0 aliphatic rings. The minimum Gasteiger partial charge on any atom is -0.368 e. The summed E-state index contributed by atoms with van der Waals surface area (Å²) in [5, 5.41) is 3.31. The van der Waals surface area contributed by atoms with Crippen molar-refractivity contribution in [3.63, 3.8) is 0 Å². The van der Waals surface area contributed by atoms with Gasteiger partial charge in [-0.2, -0.15) is 0 Å². The minimum absolute atomic E-state index is 0.811. The zero-order chi connectivity index (χ0) is 13.1. The number of nitrogens with one attached hydrogen (secondary N) is 1. The van der Waals surface area contributed by atoms with Gasteiger partial charge in [-0.05, 0) is 18.6 Å². The Morgan fingerprint density at radius 3 is 2.89 bits per heavy atom. The first-order valence-corrected chi connectivity index (χ1v) is 6.37. The van der Waals surface area contributed by atoms with Gasteiger partial charge in [0.05, 0.1) is 5.69 Å². The van der Waals surface area contributed by atoms with Crippen molar-refractivity contribution >= 4 is 11.5 Å². The van der Waals surface area contributed by atoms with E-state index in [1.807, 2.05) is 28.8 Å². The molecule has 0 radical (unpaired) electrons. The second-order valence-corrected chi connectivity index (χ2v) is 4.25. The second kappa shape index (κ2) is 5.06. The lowest BCUT2D eigenvalue weighted by Crippen LogP contribution is -2.05. The number of pyridine rings is 1. The topological polar surface area (TPSA) is 55.1 Å². The van der Waals surface area contributed by atoms with E-state index in [4.69, 9.17) is 0 Å². The quantitative estimate of drug-likeness (QED) is 0.776. The number of fused-ring (bicyclic) bond motifs is 1. The summed E-state index contributed by atoms with van der Waals surface area (Å²) in [4.78, 5) is 13.1. The van der Waals surface area contributed by atoms with Gasteiger partial charge in [0.1, 0.15) is 11.3 Å². The standard InChI is InChI=1S/C14H15N5/c1-2-6-17-14-13(16-7-8-18-14)11-4-3-5-12-15-9-10-19(11)12/h3-5,7-10H,2,6H2,1H3,(H,17,18). The summed E-state index contributed by atoms with van der Waals surface area (Å²) in [6.07, 6.45) is 8.18. The maximum atomic E-state index is 4.46. The van der Waals surface area contributed by atoms with Gasteiger partial charge in [0.2, 0.25) is 0 Å². The van der Waals surface area contributed by atoms with Crippen molar-refractivity contribution in [2.75, 3.05) is 11.9 Å². The maximum Gasteiger partial charge on any atom is 0.154 e. The van der Waals surface area contributed by atoms with Gasteiger partial charge in [0.15, 0.2) is 5.82 Å². The number of hydrogen-bond donors (Lipinski definition) is 1. The first-order valence-electron chi connectivity index (χ1n) is 6.37. The van der Waals surface area contributed by atoms with Crippen LogP contribution in [0.5, 0.6) is 0 Å². The highest BCUT2D eigenvalue weighted by Crippen LogP contribution is 2.24. The molecule has 0 spiro atoms. The zero-order valence-electron chi connectivity index (χ0n) is 10.7. The van der Waals surface area contributed by atoms with E-state index >= 15 is 0 Å². The summed E-state index contributed by atoms with van der Waals surface area (Å²) in [5.41, 5.74) is 2.74. The molecule has 0 saturated carbocycles. The number of nitrogens with zero attached hydrogens (tertiary/aromatic N) is 4. The van der Waals surface area contributed by atoms with Crippen LogP contribution in [0, 0.1) is 0 Å². The highest BCUT2D eigenvalue weighted by molar-refractivity contribution is 5.70. The largest absolute Gasteiger partial charge is 0.368 e. The molecule has 3 heterocycles. The lowest BCUT2D eigenvalue weighted by Gasteiger charge is -2.10. The van der Waals surface area contributed by atoms with Crippen LogP contribution in [0.2, 0.25) is 0 Å². The summed E-state index contributed by atoms with van der Waals surface area (Å²) in [6.45, 7) is 3.01. The van der Waals surface area contributed by atoms with Crippen LogP contribution in [0.1, 0.15) is 13.3 Å². The number of hydrogen-bond acceptors (Lipinski definition) is 4. The Hall–Kier alpha value is -2.43. The molecule has 19 heavy (non-hydrogen) atoms. The summed E-state index contributed by atoms with van der Waals surface area (Å²) < 4.78 is 2.02. The van der Waals surface area contributed by atoms with Crippen LogP contribution < -0.4 is 5.32 Å². The molecular formula is C14H15N5. The normalized spacial score (nSPS) is 10.8. The summed E-state index contributed by atoms with van der Waals surface area (Å²) in [5.74, 6) is 0.811. The van der Waals surface area contributed by atoms with Crippen LogP contribution in [-0.4, -0.2) is 25.9 Å². The second-order valence-electron chi connectivity index (χ2n) is 4.25. The van der Waals surface area contributed by atoms with E-state index in [0.29, 0.717) is 0 Å². The molecule has 0 aliphatic carbocycles. The van der Waals surface area contributed by atoms with Crippen molar-refractivity contribution in [2.24, 2.45) is 0 Å². The SMILES string of the molecule is CCCNc1nccnc1-c1cccc2nccn12. The molecule has 1 N–H and O–H groups in total. The highest BCUT2D eigenvalue weighted by atomic mass is 15.0. The molecule has 5 heteroatoms. The molecule has 0 aromatic carbocycles. The van der Waals surface area contributed by atoms with E-state index in [1.54, 1.807) is 18.6 Å². The van der Waals surface area contributed by atoms with E-state index in [0.717, 1.165) is 35.8 Å². The van der Waals surface area contributed by atoms with Gasteiger partial charge < -0.3 is 5.32 Å². The van der Waals surface area contributed by atoms with Crippen molar-refractivity contribution in [1.29, 1.82) is 0 Å². The first kappa shape index (κ1) is 11.6. The average molecular weight is 253 g/mol. The van der Waals surface area contributed by atoms with Gasteiger partial charge >= 0.3 is 0 Å². The molecule has 3 aromatic heterocycles. The molecule has 0 amide bonds. The molecule has 3 rings (SSSR count). The van der Waals surface area contributed by atoms with Crippen LogP contribution in [0.3, 0.4) is 0 Å². The van der Waals surface area contributed by atoms with E-state index in [1.165, 1.54) is 0 Å². The fourth-order valence-electron chi connectivity index (χ4n) is 2.04. The summed E-state index contributed by atoms with van der Waals surface area (Å²) in [6, 6.07) is 5.98. The highest BCUT2D eigenvalue weighted by Gasteiger charge is 2.10. The molecular weight excluding hydrogens is 238 g/mol. The van der Waals surface area contributed by atoms with Crippen LogP contribution in [0.15, 0.2) is 43.0 Å². The fourth-order valence-corrected chi connectivity index (χ4v) is 2.04. The smallest absolute Gasteiger partial charge is 0.154 e. The van der Waals surface area contributed by atoms with Crippen molar-refractivity contribution in [3.8, 4) is 11.4 Å². The molecule has 3 aromatic rings. The van der Waals surface area contributed by atoms with E-state index < -0.39 is 0 Å². The van der Waals surface area contributed by atoms with Gasteiger partial charge in [0.25, 0.3) is 0 Å². The number of rotatable bonds is 4. The molecule has 5 nitrogen and oxygen atoms in total. The Kier molecular flexibility index (Phi) is 3.10. The third-order valence-electron chi connectivity index (χ3n) is 2.91. The number of imidazole rings is 1. The third-order valence-corrected chi connectivity index (χ3v) is 2.91. The average Bonchev–Trinajstić information content (AvgIpc) is 2.94. The fraction of sp³-hybridized carbons (Fsp3) is 0.214. The Morgan fingerprint density at radius 1 is 1.11 bits per heavy atom. The predicted octanol–water partition coefficient (Wildman–Crippen LogP) is 2.61. The Labute approximate surface area is 111 Å². The van der Waals surface area contributed by atoms with Crippen LogP contribution in [-0.2, 0) is 0 Å². The molecule has 0 atom stereocenters. The predicted molar refractivity (Wildman–Crippen MR) is 75.0 cm³/mol. The summed E-state index contributed by atoms with van der Waals surface area (Å²) >= 11 is 0. The third kappa shape index (κ3) is 2.14. The van der Waals surface area contributed by atoms with Gasteiger partial charge in [-0.25, -0.2) is 15.0 Å². The number of aromatic nitrogens is 4. The molecule has 0 fully saturated rings. The van der Waals surface area contributed by atoms with Crippen LogP contribution >= 0.6 is 0 Å². The molecule has 0 aliphatic heterocycles. The van der Waals surface area contributed by atoms with Crippen molar-refractivity contribution < 1.29 is 0 Å². The van der Waals surface area contributed by atoms with E-state index in [9.17, 15) is 0 Å². The molecule has 0 unspecified atom stereocenters.